The molecule has 2 aromatic rings. The molecule has 0 aliphatic carbocycles. The summed E-state index contributed by atoms with van der Waals surface area (Å²) in [6, 6.07) is 9.94. The van der Waals surface area contributed by atoms with Gasteiger partial charge in [-0.2, -0.15) is 5.10 Å². The number of aryl methyl sites for hydroxylation is 2. The molecule has 0 saturated heterocycles. The number of amides is 1. The third-order valence-corrected chi connectivity index (χ3v) is 4.36. The van der Waals surface area contributed by atoms with Crippen LogP contribution < -0.4 is 10.1 Å². The first-order valence-electron chi connectivity index (χ1n) is 8.39. The van der Waals surface area contributed by atoms with E-state index in [0.29, 0.717) is 18.7 Å². The van der Waals surface area contributed by atoms with Crippen molar-refractivity contribution >= 4 is 5.91 Å². The number of nitrogens with zero attached hydrogens (tertiary/aromatic N) is 2. The Morgan fingerprint density at radius 3 is 2.56 bits per heavy atom. The van der Waals surface area contributed by atoms with Crippen molar-refractivity contribution in [1.82, 2.24) is 15.1 Å². The quantitative estimate of drug-likeness (QED) is 0.764. The molecule has 0 radical (unpaired) electrons. The van der Waals surface area contributed by atoms with Gasteiger partial charge in [-0.3, -0.25) is 9.48 Å². The molecule has 0 aliphatic rings. The molecule has 6 heteroatoms. The molecule has 0 bridgehead atoms. The van der Waals surface area contributed by atoms with E-state index in [0.717, 1.165) is 17.0 Å². The van der Waals surface area contributed by atoms with Crippen LogP contribution in [0.4, 0.5) is 0 Å². The fraction of sp³-hybridized carbons (Fsp3) is 0.474. The summed E-state index contributed by atoms with van der Waals surface area (Å²) in [6.45, 7) is 6.01. The lowest BCUT2D eigenvalue weighted by Crippen LogP contribution is -2.41. The lowest BCUT2D eigenvalue weighted by Gasteiger charge is -2.27. The maximum atomic E-state index is 12.1. The number of aliphatic hydroxyl groups is 1. The second-order valence-electron chi connectivity index (χ2n) is 6.82. The van der Waals surface area contributed by atoms with Crippen LogP contribution in [0, 0.1) is 19.3 Å². The van der Waals surface area contributed by atoms with Crippen LogP contribution >= 0.6 is 0 Å². The molecular formula is C19H27N3O3. The molecule has 25 heavy (non-hydrogen) atoms. The first kappa shape index (κ1) is 19.0. The van der Waals surface area contributed by atoms with Crippen LogP contribution in [0.15, 0.2) is 30.3 Å². The van der Waals surface area contributed by atoms with Crippen molar-refractivity contribution in [3.8, 4) is 5.75 Å². The Morgan fingerprint density at radius 1 is 1.32 bits per heavy atom. The largest absolute Gasteiger partial charge is 0.480 e. The smallest absolute Gasteiger partial charge is 0.257 e. The number of carbonyl (C=O) groups excluding carboxylic acids is 1. The molecule has 0 fully saturated rings. The van der Waals surface area contributed by atoms with E-state index < -0.39 is 5.41 Å². The van der Waals surface area contributed by atoms with E-state index in [2.05, 4.69) is 10.4 Å². The highest BCUT2D eigenvalue weighted by Gasteiger charge is 2.25. The van der Waals surface area contributed by atoms with Gasteiger partial charge in [-0.15, -0.1) is 0 Å². The van der Waals surface area contributed by atoms with Crippen LogP contribution in [0.25, 0.3) is 0 Å². The number of ether oxygens (including phenoxy) is 1. The Bertz CT molecular complexity index is 712. The normalized spacial score (nSPS) is 13.3. The average molecular weight is 345 g/mol. The fourth-order valence-corrected chi connectivity index (χ4v) is 2.73. The van der Waals surface area contributed by atoms with Crippen molar-refractivity contribution < 1.29 is 14.6 Å². The second-order valence-corrected chi connectivity index (χ2v) is 6.82. The maximum Gasteiger partial charge on any atom is 0.257 e. The standard InChI is InChI=1S/C19H27N3O3/c1-14-18(15(2)22(4)21-14)25-11-17(24)20-12-19(3,13-23)10-16-8-6-5-7-9-16/h5-9,23H,10-13H2,1-4H3,(H,20,24)/t19-/m1/s1. The van der Waals surface area contributed by atoms with E-state index in [1.54, 1.807) is 4.68 Å². The predicted octanol–water partition coefficient (Wildman–Crippen LogP) is 1.77. The first-order valence-corrected chi connectivity index (χ1v) is 8.39. The molecule has 0 spiro atoms. The number of carbonyl (C=O) groups is 1. The topological polar surface area (TPSA) is 76.4 Å². The molecule has 2 N–H and O–H groups in total. The van der Waals surface area contributed by atoms with Crippen LogP contribution in [0.5, 0.6) is 5.75 Å². The minimum absolute atomic E-state index is 0.0101. The minimum atomic E-state index is -0.419. The van der Waals surface area contributed by atoms with Gasteiger partial charge in [0.25, 0.3) is 5.91 Å². The number of hydrogen-bond acceptors (Lipinski definition) is 4. The van der Waals surface area contributed by atoms with Crippen molar-refractivity contribution in [3.05, 3.63) is 47.3 Å². The highest BCUT2D eigenvalue weighted by Crippen LogP contribution is 2.22. The molecule has 136 valence electrons. The number of nitrogens with one attached hydrogen (secondary N) is 1. The Hall–Kier alpha value is -2.34. The monoisotopic (exact) mass is 345 g/mol. The van der Waals surface area contributed by atoms with Crippen molar-refractivity contribution in [2.45, 2.75) is 27.2 Å². The van der Waals surface area contributed by atoms with Crippen molar-refractivity contribution in [2.75, 3.05) is 19.8 Å². The Kier molecular flexibility index (Phi) is 6.20. The van der Waals surface area contributed by atoms with Gasteiger partial charge in [0.2, 0.25) is 0 Å². The van der Waals surface area contributed by atoms with Gasteiger partial charge in [-0.1, -0.05) is 37.3 Å². The average Bonchev–Trinajstić information content (AvgIpc) is 2.84. The summed E-state index contributed by atoms with van der Waals surface area (Å²) in [4.78, 5) is 12.1. The molecule has 0 unspecified atom stereocenters. The molecule has 1 atom stereocenters. The molecule has 1 amide bonds. The van der Waals surface area contributed by atoms with E-state index in [-0.39, 0.29) is 19.1 Å². The third-order valence-electron chi connectivity index (χ3n) is 4.36. The number of hydrogen-bond donors (Lipinski definition) is 2. The Balaban J connectivity index is 1.87. The molecule has 1 aromatic heterocycles. The molecule has 0 aliphatic heterocycles. The summed E-state index contributed by atoms with van der Waals surface area (Å²) in [7, 11) is 1.84. The van der Waals surface area contributed by atoms with Gasteiger partial charge in [0, 0.05) is 19.0 Å². The second kappa shape index (κ2) is 8.16. The van der Waals surface area contributed by atoms with E-state index in [1.165, 1.54) is 0 Å². The molecule has 6 nitrogen and oxygen atoms in total. The highest BCUT2D eigenvalue weighted by atomic mass is 16.5. The zero-order valence-electron chi connectivity index (χ0n) is 15.4. The Morgan fingerprint density at radius 2 is 2.00 bits per heavy atom. The van der Waals surface area contributed by atoms with E-state index in [9.17, 15) is 9.90 Å². The lowest BCUT2D eigenvalue weighted by molar-refractivity contribution is -0.123. The van der Waals surface area contributed by atoms with Gasteiger partial charge in [0.1, 0.15) is 5.69 Å². The fourth-order valence-electron chi connectivity index (χ4n) is 2.73. The molecule has 1 heterocycles. The van der Waals surface area contributed by atoms with Crippen LogP contribution in [-0.4, -0.2) is 40.6 Å². The number of benzene rings is 1. The summed E-state index contributed by atoms with van der Waals surface area (Å²) in [6.07, 6.45) is 0.687. The zero-order valence-corrected chi connectivity index (χ0v) is 15.4. The van der Waals surface area contributed by atoms with E-state index >= 15 is 0 Å². The summed E-state index contributed by atoms with van der Waals surface area (Å²) in [5.74, 6) is 0.433. The zero-order chi connectivity index (χ0) is 18.4. The summed E-state index contributed by atoms with van der Waals surface area (Å²) in [5.41, 5.74) is 2.36. The Labute approximate surface area is 148 Å². The summed E-state index contributed by atoms with van der Waals surface area (Å²) < 4.78 is 7.34. The SMILES string of the molecule is Cc1nn(C)c(C)c1OCC(=O)NC[C@](C)(CO)Cc1ccccc1. The summed E-state index contributed by atoms with van der Waals surface area (Å²) >= 11 is 0. The first-order chi connectivity index (χ1) is 11.8. The maximum absolute atomic E-state index is 12.1. The van der Waals surface area contributed by atoms with Gasteiger partial charge in [-0.25, -0.2) is 0 Å². The van der Waals surface area contributed by atoms with Crippen LogP contribution in [0.1, 0.15) is 23.9 Å². The minimum Gasteiger partial charge on any atom is -0.480 e. The van der Waals surface area contributed by atoms with Crippen LogP contribution in [0.2, 0.25) is 0 Å². The number of rotatable bonds is 8. The van der Waals surface area contributed by atoms with Crippen molar-refractivity contribution in [1.29, 1.82) is 0 Å². The third kappa shape index (κ3) is 5.06. The molecule has 1 aromatic carbocycles. The van der Waals surface area contributed by atoms with E-state index in [1.807, 2.05) is 58.2 Å². The van der Waals surface area contributed by atoms with Gasteiger partial charge >= 0.3 is 0 Å². The van der Waals surface area contributed by atoms with Crippen molar-refractivity contribution in [2.24, 2.45) is 12.5 Å². The van der Waals surface area contributed by atoms with E-state index in [4.69, 9.17) is 4.74 Å². The summed E-state index contributed by atoms with van der Waals surface area (Å²) in [5, 5.41) is 16.9. The van der Waals surface area contributed by atoms with Crippen molar-refractivity contribution in [3.63, 3.8) is 0 Å². The lowest BCUT2D eigenvalue weighted by atomic mass is 9.84. The molecule has 2 rings (SSSR count). The van der Waals surface area contributed by atoms with Gasteiger partial charge in [0.15, 0.2) is 12.4 Å². The van der Waals surface area contributed by atoms with Gasteiger partial charge < -0.3 is 15.2 Å². The highest BCUT2D eigenvalue weighted by molar-refractivity contribution is 5.77. The van der Waals surface area contributed by atoms with Crippen LogP contribution in [-0.2, 0) is 18.3 Å². The molecular weight excluding hydrogens is 318 g/mol. The molecule has 0 saturated carbocycles. The van der Waals surface area contributed by atoms with Crippen LogP contribution in [0.3, 0.4) is 0 Å². The number of aromatic nitrogens is 2. The van der Waals surface area contributed by atoms with Gasteiger partial charge in [-0.05, 0) is 25.8 Å². The van der Waals surface area contributed by atoms with Gasteiger partial charge in [0.05, 0.1) is 12.3 Å². The number of aliphatic hydroxyl groups excluding tert-OH is 1. The predicted molar refractivity (Wildman–Crippen MR) is 96.5 cm³/mol.